The first-order chi connectivity index (χ1) is 7.00. The molecule has 0 heterocycles. The van der Waals surface area contributed by atoms with E-state index in [9.17, 15) is 0 Å². The summed E-state index contributed by atoms with van der Waals surface area (Å²) in [6.45, 7) is 6.53. The monoisotopic (exact) mass is 226 g/mol. The van der Waals surface area contributed by atoms with Crippen LogP contribution in [0.15, 0.2) is 18.2 Å². The first-order valence-electron chi connectivity index (χ1n) is 5.34. The summed E-state index contributed by atoms with van der Waals surface area (Å²) < 4.78 is 0. The second-order valence-corrected chi connectivity index (χ2v) is 4.56. The molecule has 0 aliphatic carbocycles. The lowest BCUT2D eigenvalue weighted by molar-refractivity contribution is 0.479. The average Bonchev–Trinajstić information content (AvgIpc) is 2.22. The fourth-order valence-electron chi connectivity index (χ4n) is 1.40. The Bertz CT molecular complexity index is 332. The van der Waals surface area contributed by atoms with E-state index in [2.05, 4.69) is 26.1 Å². The minimum absolute atomic E-state index is 0.0992. The van der Waals surface area contributed by atoms with E-state index in [4.69, 9.17) is 17.3 Å². The summed E-state index contributed by atoms with van der Waals surface area (Å²) in [6, 6.07) is 5.56. The molecule has 0 fully saturated rings. The van der Waals surface area contributed by atoms with E-state index in [0.717, 1.165) is 18.5 Å². The van der Waals surface area contributed by atoms with Crippen LogP contribution in [0.5, 0.6) is 0 Å². The van der Waals surface area contributed by atoms with E-state index in [-0.39, 0.29) is 5.54 Å². The number of hydrogen-bond acceptors (Lipinski definition) is 2. The van der Waals surface area contributed by atoms with Gasteiger partial charge in [0.25, 0.3) is 0 Å². The molecule has 0 saturated carbocycles. The summed E-state index contributed by atoms with van der Waals surface area (Å²) in [6.07, 6.45) is 2.12. The van der Waals surface area contributed by atoms with Gasteiger partial charge in [0.1, 0.15) is 0 Å². The molecular formula is C12H19ClN2. The Hall–Kier alpha value is -0.890. The summed E-state index contributed by atoms with van der Waals surface area (Å²) in [5.74, 6) is 0. The summed E-state index contributed by atoms with van der Waals surface area (Å²) in [5, 5.41) is 4.14. The highest BCUT2D eigenvalue weighted by Gasteiger charge is 2.19. The lowest BCUT2D eigenvalue weighted by atomic mass is 9.95. The number of hydrogen-bond donors (Lipinski definition) is 2. The molecule has 1 rings (SSSR count). The second kappa shape index (κ2) is 4.75. The largest absolute Gasteiger partial charge is 0.397 e. The molecule has 3 heteroatoms. The standard InChI is InChI=1S/C12H19ClN2/c1-4-12(3,5-2)15-11-7-6-9(13)8-10(11)14/h6-8,15H,4-5,14H2,1-3H3. The van der Waals surface area contributed by atoms with E-state index in [0.29, 0.717) is 10.7 Å². The van der Waals surface area contributed by atoms with Gasteiger partial charge in [-0.05, 0) is 38.0 Å². The van der Waals surface area contributed by atoms with Crippen LogP contribution in [-0.4, -0.2) is 5.54 Å². The van der Waals surface area contributed by atoms with Crippen LogP contribution >= 0.6 is 11.6 Å². The third-order valence-electron chi connectivity index (χ3n) is 3.01. The third-order valence-corrected chi connectivity index (χ3v) is 3.25. The van der Waals surface area contributed by atoms with Crippen molar-refractivity contribution in [2.45, 2.75) is 39.2 Å². The van der Waals surface area contributed by atoms with Crippen LogP contribution in [0.4, 0.5) is 11.4 Å². The minimum atomic E-state index is 0.0992. The van der Waals surface area contributed by atoms with Crippen molar-refractivity contribution in [3.63, 3.8) is 0 Å². The van der Waals surface area contributed by atoms with Gasteiger partial charge >= 0.3 is 0 Å². The molecule has 2 nitrogen and oxygen atoms in total. The van der Waals surface area contributed by atoms with Crippen molar-refractivity contribution in [2.75, 3.05) is 11.1 Å². The smallest absolute Gasteiger partial charge is 0.0579 e. The van der Waals surface area contributed by atoms with E-state index < -0.39 is 0 Å². The Balaban J connectivity index is 2.89. The fourth-order valence-corrected chi connectivity index (χ4v) is 1.58. The van der Waals surface area contributed by atoms with Crippen molar-refractivity contribution in [3.8, 4) is 0 Å². The Morgan fingerprint density at radius 2 is 1.93 bits per heavy atom. The van der Waals surface area contributed by atoms with Crippen LogP contribution in [0.1, 0.15) is 33.6 Å². The number of anilines is 2. The van der Waals surface area contributed by atoms with Crippen molar-refractivity contribution < 1.29 is 0 Å². The first-order valence-corrected chi connectivity index (χ1v) is 5.71. The molecule has 0 amide bonds. The maximum atomic E-state index is 5.89. The van der Waals surface area contributed by atoms with Crippen molar-refractivity contribution in [3.05, 3.63) is 23.2 Å². The quantitative estimate of drug-likeness (QED) is 0.764. The van der Waals surface area contributed by atoms with Gasteiger partial charge in [0.2, 0.25) is 0 Å². The van der Waals surface area contributed by atoms with E-state index in [1.807, 2.05) is 12.1 Å². The van der Waals surface area contributed by atoms with Gasteiger partial charge in [-0.15, -0.1) is 0 Å². The second-order valence-electron chi connectivity index (χ2n) is 4.12. The summed E-state index contributed by atoms with van der Waals surface area (Å²) in [5.41, 5.74) is 7.66. The maximum Gasteiger partial charge on any atom is 0.0579 e. The summed E-state index contributed by atoms with van der Waals surface area (Å²) >= 11 is 5.85. The molecule has 0 unspecified atom stereocenters. The highest BCUT2D eigenvalue weighted by molar-refractivity contribution is 6.31. The van der Waals surface area contributed by atoms with Crippen molar-refractivity contribution in [2.24, 2.45) is 0 Å². The van der Waals surface area contributed by atoms with Crippen LogP contribution in [0, 0.1) is 0 Å². The van der Waals surface area contributed by atoms with Gasteiger partial charge in [-0.3, -0.25) is 0 Å². The Labute approximate surface area is 96.8 Å². The van der Waals surface area contributed by atoms with Crippen LogP contribution in [-0.2, 0) is 0 Å². The lowest BCUT2D eigenvalue weighted by Gasteiger charge is -2.30. The number of nitrogens with one attached hydrogen (secondary N) is 1. The number of rotatable bonds is 4. The molecule has 1 aromatic rings. The molecule has 0 aliphatic heterocycles. The fraction of sp³-hybridized carbons (Fsp3) is 0.500. The maximum absolute atomic E-state index is 5.89. The van der Waals surface area contributed by atoms with Crippen molar-refractivity contribution in [1.29, 1.82) is 0 Å². The molecule has 0 radical (unpaired) electrons. The zero-order chi connectivity index (χ0) is 11.5. The average molecular weight is 227 g/mol. The van der Waals surface area contributed by atoms with E-state index in [1.54, 1.807) is 6.07 Å². The van der Waals surface area contributed by atoms with E-state index >= 15 is 0 Å². The van der Waals surface area contributed by atoms with Crippen LogP contribution in [0.3, 0.4) is 0 Å². The number of nitrogen functional groups attached to an aromatic ring is 1. The molecule has 0 aliphatic rings. The highest BCUT2D eigenvalue weighted by Crippen LogP contribution is 2.28. The summed E-state index contributed by atoms with van der Waals surface area (Å²) in [4.78, 5) is 0. The third kappa shape index (κ3) is 3.03. The number of halogens is 1. The normalized spacial score (nSPS) is 11.5. The van der Waals surface area contributed by atoms with Gasteiger partial charge in [-0.1, -0.05) is 25.4 Å². The Morgan fingerprint density at radius 3 is 2.40 bits per heavy atom. The number of nitrogens with two attached hydrogens (primary N) is 1. The van der Waals surface area contributed by atoms with Gasteiger partial charge in [0.05, 0.1) is 11.4 Å². The van der Waals surface area contributed by atoms with Crippen molar-refractivity contribution in [1.82, 2.24) is 0 Å². The van der Waals surface area contributed by atoms with Gasteiger partial charge in [-0.2, -0.15) is 0 Å². The van der Waals surface area contributed by atoms with Crippen LogP contribution in [0.2, 0.25) is 5.02 Å². The molecule has 0 spiro atoms. The Morgan fingerprint density at radius 1 is 1.33 bits per heavy atom. The molecule has 0 saturated heterocycles. The molecular weight excluding hydrogens is 208 g/mol. The highest BCUT2D eigenvalue weighted by atomic mass is 35.5. The zero-order valence-corrected chi connectivity index (χ0v) is 10.4. The molecule has 0 bridgehead atoms. The predicted molar refractivity (Wildman–Crippen MR) is 68.5 cm³/mol. The molecule has 3 N–H and O–H groups in total. The minimum Gasteiger partial charge on any atom is -0.397 e. The zero-order valence-electron chi connectivity index (χ0n) is 9.60. The summed E-state index contributed by atoms with van der Waals surface area (Å²) in [7, 11) is 0. The molecule has 15 heavy (non-hydrogen) atoms. The predicted octanol–water partition coefficient (Wildman–Crippen LogP) is 3.91. The Kier molecular flexibility index (Phi) is 3.86. The lowest BCUT2D eigenvalue weighted by Crippen LogP contribution is -2.33. The molecule has 1 aromatic carbocycles. The molecule has 0 atom stereocenters. The van der Waals surface area contributed by atoms with Crippen LogP contribution in [0.25, 0.3) is 0 Å². The topological polar surface area (TPSA) is 38.0 Å². The van der Waals surface area contributed by atoms with Crippen LogP contribution < -0.4 is 11.1 Å². The molecule has 0 aromatic heterocycles. The van der Waals surface area contributed by atoms with Gasteiger partial charge in [0.15, 0.2) is 0 Å². The van der Waals surface area contributed by atoms with Gasteiger partial charge in [0, 0.05) is 10.6 Å². The van der Waals surface area contributed by atoms with Crippen molar-refractivity contribution >= 4 is 23.0 Å². The SMILES string of the molecule is CCC(C)(CC)Nc1ccc(Cl)cc1N. The first kappa shape index (κ1) is 12.2. The van der Waals surface area contributed by atoms with Gasteiger partial charge < -0.3 is 11.1 Å². The van der Waals surface area contributed by atoms with E-state index in [1.165, 1.54) is 0 Å². The van der Waals surface area contributed by atoms with Gasteiger partial charge in [-0.25, -0.2) is 0 Å². The molecule has 84 valence electrons. The number of benzene rings is 1.